The van der Waals surface area contributed by atoms with Crippen LogP contribution >= 0.6 is 0 Å². The topological polar surface area (TPSA) is 76.3 Å². The zero-order valence-electron chi connectivity index (χ0n) is 9.97. The summed E-state index contributed by atoms with van der Waals surface area (Å²) in [6.45, 7) is 5.66. The van der Waals surface area contributed by atoms with Gasteiger partial charge in [-0.25, -0.2) is 10.8 Å². The van der Waals surface area contributed by atoms with Crippen molar-refractivity contribution in [3.8, 4) is 0 Å². The highest BCUT2D eigenvalue weighted by molar-refractivity contribution is 5.42. The molecule has 0 amide bonds. The molecule has 6 nitrogen and oxygen atoms in total. The number of hydrazine groups is 1. The summed E-state index contributed by atoms with van der Waals surface area (Å²) in [6.07, 6.45) is 1.68. The molecule has 90 valence electrons. The number of methoxy groups -OCH3 is 1. The third kappa shape index (κ3) is 3.32. The van der Waals surface area contributed by atoms with Gasteiger partial charge in [-0.3, -0.25) is 5.43 Å². The first-order valence-electron chi connectivity index (χ1n) is 5.24. The minimum absolute atomic E-state index is 0.343. The molecular weight excluding hydrogens is 206 g/mol. The van der Waals surface area contributed by atoms with Crippen LogP contribution in [0.15, 0.2) is 12.3 Å². The predicted molar refractivity (Wildman–Crippen MR) is 64.2 cm³/mol. The molecule has 1 aromatic heterocycles. The van der Waals surface area contributed by atoms with E-state index >= 15 is 0 Å². The first kappa shape index (κ1) is 12.7. The number of anilines is 2. The van der Waals surface area contributed by atoms with Gasteiger partial charge in [0.1, 0.15) is 5.82 Å². The lowest BCUT2D eigenvalue weighted by molar-refractivity contribution is 0.203. The van der Waals surface area contributed by atoms with Gasteiger partial charge < -0.3 is 9.64 Å². The van der Waals surface area contributed by atoms with Crippen molar-refractivity contribution in [1.29, 1.82) is 0 Å². The number of nitrogens with zero attached hydrogens (tertiary/aromatic N) is 3. The van der Waals surface area contributed by atoms with E-state index in [1.807, 2.05) is 6.07 Å². The van der Waals surface area contributed by atoms with E-state index in [1.165, 1.54) is 0 Å². The third-order valence-electron chi connectivity index (χ3n) is 2.22. The van der Waals surface area contributed by atoms with Crippen LogP contribution in [0.5, 0.6) is 0 Å². The van der Waals surface area contributed by atoms with Crippen LogP contribution in [0.1, 0.15) is 13.8 Å². The Morgan fingerprint density at radius 3 is 2.88 bits per heavy atom. The highest BCUT2D eigenvalue weighted by atomic mass is 16.5. The molecule has 0 aliphatic rings. The second-order valence-electron chi connectivity index (χ2n) is 3.66. The molecular formula is C10H19N5O. The Hall–Kier alpha value is -1.40. The van der Waals surface area contributed by atoms with Gasteiger partial charge in [-0.15, -0.1) is 0 Å². The van der Waals surface area contributed by atoms with E-state index in [1.54, 1.807) is 13.3 Å². The second kappa shape index (κ2) is 6.24. The normalized spacial score (nSPS) is 10.6. The SMILES string of the molecule is COCCN(c1ccnc(NN)n1)C(C)C. The summed E-state index contributed by atoms with van der Waals surface area (Å²) in [4.78, 5) is 10.4. The Bertz CT molecular complexity index is 318. The van der Waals surface area contributed by atoms with Crippen LogP contribution < -0.4 is 16.2 Å². The number of nitrogens with two attached hydrogens (primary N) is 1. The second-order valence-corrected chi connectivity index (χ2v) is 3.66. The fourth-order valence-corrected chi connectivity index (χ4v) is 1.41. The van der Waals surface area contributed by atoms with Crippen LogP contribution in [0.2, 0.25) is 0 Å². The zero-order valence-corrected chi connectivity index (χ0v) is 9.97. The van der Waals surface area contributed by atoms with Crippen molar-refractivity contribution in [1.82, 2.24) is 9.97 Å². The van der Waals surface area contributed by atoms with Gasteiger partial charge in [-0.2, -0.15) is 4.98 Å². The molecule has 1 rings (SSSR count). The van der Waals surface area contributed by atoms with Gasteiger partial charge >= 0.3 is 0 Å². The molecule has 0 aromatic carbocycles. The van der Waals surface area contributed by atoms with Crippen molar-refractivity contribution in [3.05, 3.63) is 12.3 Å². The number of aromatic nitrogens is 2. The van der Waals surface area contributed by atoms with E-state index in [0.29, 0.717) is 18.6 Å². The Morgan fingerprint density at radius 2 is 2.31 bits per heavy atom. The summed E-state index contributed by atoms with van der Waals surface area (Å²) < 4.78 is 5.08. The summed E-state index contributed by atoms with van der Waals surface area (Å²) in [5.41, 5.74) is 2.44. The summed E-state index contributed by atoms with van der Waals surface area (Å²) >= 11 is 0. The number of nitrogens with one attached hydrogen (secondary N) is 1. The minimum Gasteiger partial charge on any atom is -0.383 e. The number of hydrogen-bond acceptors (Lipinski definition) is 6. The molecule has 0 aliphatic carbocycles. The number of rotatable bonds is 6. The Morgan fingerprint density at radius 1 is 1.56 bits per heavy atom. The monoisotopic (exact) mass is 225 g/mol. The van der Waals surface area contributed by atoms with Gasteiger partial charge in [0.2, 0.25) is 5.95 Å². The fraction of sp³-hybridized carbons (Fsp3) is 0.600. The first-order valence-corrected chi connectivity index (χ1v) is 5.24. The standard InChI is InChI=1S/C10H19N5O/c1-8(2)15(6-7-16-3)9-4-5-12-10(13-9)14-11/h4-5,8H,6-7,11H2,1-3H3,(H,12,13,14). The highest BCUT2D eigenvalue weighted by Gasteiger charge is 2.12. The molecule has 0 aliphatic heterocycles. The maximum Gasteiger partial charge on any atom is 0.239 e. The molecule has 0 bridgehead atoms. The Balaban J connectivity index is 2.82. The van der Waals surface area contributed by atoms with Crippen LogP contribution in [-0.4, -0.2) is 36.3 Å². The van der Waals surface area contributed by atoms with E-state index in [-0.39, 0.29) is 0 Å². The molecule has 1 heterocycles. The summed E-state index contributed by atoms with van der Waals surface area (Å²) in [7, 11) is 1.69. The molecule has 0 radical (unpaired) electrons. The van der Waals surface area contributed by atoms with Gasteiger partial charge in [0, 0.05) is 25.9 Å². The smallest absolute Gasteiger partial charge is 0.239 e. The molecule has 3 N–H and O–H groups in total. The molecule has 6 heteroatoms. The van der Waals surface area contributed by atoms with Gasteiger partial charge in [-0.1, -0.05) is 0 Å². The maximum atomic E-state index is 5.28. The molecule has 1 aromatic rings. The van der Waals surface area contributed by atoms with Crippen LogP contribution in [0, 0.1) is 0 Å². The van der Waals surface area contributed by atoms with Crippen LogP contribution in [0.4, 0.5) is 11.8 Å². The van der Waals surface area contributed by atoms with E-state index in [0.717, 1.165) is 12.4 Å². The molecule has 0 saturated heterocycles. The number of nitrogen functional groups attached to an aromatic ring is 1. The number of ether oxygens (including phenoxy) is 1. The average Bonchev–Trinajstić information content (AvgIpc) is 2.29. The average molecular weight is 225 g/mol. The number of hydrogen-bond donors (Lipinski definition) is 2. The fourth-order valence-electron chi connectivity index (χ4n) is 1.41. The molecule has 16 heavy (non-hydrogen) atoms. The quantitative estimate of drug-likeness (QED) is 0.546. The zero-order chi connectivity index (χ0) is 12.0. The van der Waals surface area contributed by atoms with Gasteiger partial charge in [-0.05, 0) is 19.9 Å². The van der Waals surface area contributed by atoms with Crippen molar-refractivity contribution in [2.45, 2.75) is 19.9 Å². The van der Waals surface area contributed by atoms with Gasteiger partial charge in [0.05, 0.1) is 6.61 Å². The lowest BCUT2D eigenvalue weighted by Crippen LogP contribution is -2.34. The minimum atomic E-state index is 0.343. The molecule has 0 unspecified atom stereocenters. The predicted octanol–water partition coefficient (Wildman–Crippen LogP) is 0.623. The van der Waals surface area contributed by atoms with Crippen molar-refractivity contribution in [2.75, 3.05) is 30.6 Å². The van der Waals surface area contributed by atoms with E-state index in [4.69, 9.17) is 10.6 Å². The lowest BCUT2D eigenvalue weighted by Gasteiger charge is -2.27. The summed E-state index contributed by atoms with van der Waals surface area (Å²) in [5.74, 6) is 6.54. The third-order valence-corrected chi connectivity index (χ3v) is 2.22. The van der Waals surface area contributed by atoms with Crippen molar-refractivity contribution >= 4 is 11.8 Å². The van der Waals surface area contributed by atoms with Crippen LogP contribution in [-0.2, 0) is 4.74 Å². The van der Waals surface area contributed by atoms with Crippen molar-refractivity contribution in [3.63, 3.8) is 0 Å². The molecule has 0 spiro atoms. The first-order chi connectivity index (χ1) is 7.69. The molecule has 0 atom stereocenters. The Labute approximate surface area is 95.8 Å². The van der Waals surface area contributed by atoms with Crippen LogP contribution in [0.25, 0.3) is 0 Å². The lowest BCUT2D eigenvalue weighted by atomic mass is 10.3. The Kier molecular flexibility index (Phi) is 4.94. The molecule has 0 saturated carbocycles. The largest absolute Gasteiger partial charge is 0.383 e. The maximum absolute atomic E-state index is 5.28. The van der Waals surface area contributed by atoms with E-state index in [2.05, 4.69) is 34.1 Å². The van der Waals surface area contributed by atoms with E-state index < -0.39 is 0 Å². The van der Waals surface area contributed by atoms with Crippen LogP contribution in [0.3, 0.4) is 0 Å². The highest BCUT2D eigenvalue weighted by Crippen LogP contribution is 2.14. The van der Waals surface area contributed by atoms with Crippen molar-refractivity contribution in [2.24, 2.45) is 5.84 Å². The summed E-state index contributed by atoms with van der Waals surface area (Å²) in [6, 6.07) is 2.20. The van der Waals surface area contributed by atoms with Crippen molar-refractivity contribution < 1.29 is 4.74 Å². The van der Waals surface area contributed by atoms with Gasteiger partial charge in [0.15, 0.2) is 0 Å². The summed E-state index contributed by atoms with van der Waals surface area (Å²) in [5, 5.41) is 0. The molecule has 0 fully saturated rings. The van der Waals surface area contributed by atoms with Gasteiger partial charge in [0.25, 0.3) is 0 Å². The van der Waals surface area contributed by atoms with E-state index in [9.17, 15) is 0 Å².